The lowest BCUT2D eigenvalue weighted by molar-refractivity contribution is 0.0931. The number of hydrogen-bond acceptors (Lipinski definition) is 5. The average Bonchev–Trinajstić information content (AvgIpc) is 2.86. The van der Waals surface area contributed by atoms with Gasteiger partial charge in [0.05, 0.1) is 6.04 Å². The van der Waals surface area contributed by atoms with Crippen LogP contribution < -0.4 is 11.1 Å². The van der Waals surface area contributed by atoms with Gasteiger partial charge in [-0.05, 0) is 30.4 Å². The lowest BCUT2D eigenvalue weighted by atomic mass is 9.88. The van der Waals surface area contributed by atoms with E-state index in [4.69, 9.17) is 5.73 Å². The van der Waals surface area contributed by atoms with E-state index >= 15 is 0 Å². The fourth-order valence-electron chi connectivity index (χ4n) is 2.45. The van der Waals surface area contributed by atoms with Gasteiger partial charge in [-0.3, -0.25) is 4.79 Å². The highest BCUT2D eigenvalue weighted by Gasteiger charge is 2.23. The van der Waals surface area contributed by atoms with E-state index in [1.165, 1.54) is 11.1 Å². The molecule has 1 aliphatic rings. The largest absolute Gasteiger partial charge is 0.374 e. The first-order valence-electron chi connectivity index (χ1n) is 6.21. The summed E-state index contributed by atoms with van der Waals surface area (Å²) in [6, 6.07) is 8.30. The Labute approximate surface area is 114 Å². The van der Waals surface area contributed by atoms with Gasteiger partial charge in [0.1, 0.15) is 0 Å². The lowest BCUT2D eigenvalue weighted by Crippen LogP contribution is -2.30. The molecule has 19 heavy (non-hydrogen) atoms. The van der Waals surface area contributed by atoms with Gasteiger partial charge in [-0.25, -0.2) is 0 Å². The molecule has 0 saturated heterocycles. The molecule has 98 valence electrons. The van der Waals surface area contributed by atoms with Crippen LogP contribution in [-0.2, 0) is 6.42 Å². The highest BCUT2D eigenvalue weighted by atomic mass is 32.1. The van der Waals surface area contributed by atoms with Crippen molar-refractivity contribution < 1.29 is 4.79 Å². The normalized spacial score (nSPS) is 17.8. The number of nitrogens with zero attached hydrogens (tertiary/aromatic N) is 2. The number of carbonyl (C=O) groups is 1. The molecule has 0 saturated carbocycles. The van der Waals surface area contributed by atoms with Crippen molar-refractivity contribution in [2.75, 3.05) is 5.73 Å². The van der Waals surface area contributed by atoms with Gasteiger partial charge in [0.2, 0.25) is 10.1 Å². The molecule has 0 bridgehead atoms. The smallest absolute Gasteiger partial charge is 0.282 e. The summed E-state index contributed by atoms with van der Waals surface area (Å²) in [6.45, 7) is 0. The van der Waals surface area contributed by atoms with Crippen LogP contribution >= 0.6 is 11.3 Å². The van der Waals surface area contributed by atoms with Crippen molar-refractivity contribution in [3.8, 4) is 0 Å². The van der Waals surface area contributed by atoms with E-state index in [2.05, 4.69) is 27.6 Å². The number of nitrogens with one attached hydrogen (secondary N) is 1. The Morgan fingerprint density at radius 3 is 3.00 bits per heavy atom. The third-order valence-corrected chi connectivity index (χ3v) is 4.06. The molecule has 0 radical (unpaired) electrons. The fraction of sp³-hybridized carbons (Fsp3) is 0.308. The number of benzene rings is 1. The summed E-state index contributed by atoms with van der Waals surface area (Å²) in [5.41, 5.74) is 8.01. The Kier molecular flexibility index (Phi) is 3.16. The second kappa shape index (κ2) is 4.97. The number of carbonyl (C=O) groups excluding carboxylic acids is 1. The first-order valence-corrected chi connectivity index (χ1v) is 7.03. The number of aromatic nitrogens is 2. The molecular weight excluding hydrogens is 260 g/mol. The predicted octanol–water partition coefficient (Wildman–Crippen LogP) is 1.93. The summed E-state index contributed by atoms with van der Waals surface area (Å²) < 4.78 is 0. The van der Waals surface area contributed by atoms with Crippen LogP contribution in [0.2, 0.25) is 0 Å². The minimum atomic E-state index is -0.198. The van der Waals surface area contributed by atoms with Crippen molar-refractivity contribution in [3.05, 3.63) is 40.4 Å². The summed E-state index contributed by atoms with van der Waals surface area (Å²) in [4.78, 5) is 12.1. The van der Waals surface area contributed by atoms with Crippen LogP contribution in [0.5, 0.6) is 0 Å². The second-order valence-electron chi connectivity index (χ2n) is 4.56. The summed E-state index contributed by atoms with van der Waals surface area (Å²) >= 11 is 1.11. The highest BCUT2D eigenvalue weighted by molar-refractivity contribution is 7.16. The molecule has 0 aliphatic heterocycles. The van der Waals surface area contributed by atoms with Crippen molar-refractivity contribution in [1.82, 2.24) is 15.5 Å². The van der Waals surface area contributed by atoms with E-state index in [1.807, 2.05) is 12.1 Å². The number of aryl methyl sites for hydroxylation is 1. The van der Waals surface area contributed by atoms with Gasteiger partial charge in [0, 0.05) is 0 Å². The Bertz CT molecular complexity index is 610. The molecule has 0 fully saturated rings. The van der Waals surface area contributed by atoms with Crippen LogP contribution in [0, 0.1) is 0 Å². The van der Waals surface area contributed by atoms with Gasteiger partial charge in [-0.2, -0.15) is 0 Å². The van der Waals surface area contributed by atoms with Crippen molar-refractivity contribution >= 4 is 22.4 Å². The van der Waals surface area contributed by atoms with E-state index in [1.54, 1.807) is 0 Å². The zero-order chi connectivity index (χ0) is 13.2. The van der Waals surface area contributed by atoms with Gasteiger partial charge in [-0.1, -0.05) is 35.6 Å². The number of rotatable bonds is 2. The quantitative estimate of drug-likeness (QED) is 0.876. The molecule has 5 nitrogen and oxygen atoms in total. The molecule has 1 unspecified atom stereocenters. The SMILES string of the molecule is Nc1nnc(C(=O)NC2CCCc3ccccc32)s1. The minimum Gasteiger partial charge on any atom is -0.374 e. The average molecular weight is 274 g/mol. The minimum absolute atomic E-state index is 0.0579. The highest BCUT2D eigenvalue weighted by Crippen LogP contribution is 2.29. The van der Waals surface area contributed by atoms with Crippen molar-refractivity contribution in [1.29, 1.82) is 0 Å². The maximum absolute atomic E-state index is 12.1. The molecule has 3 N–H and O–H groups in total. The van der Waals surface area contributed by atoms with Crippen LogP contribution in [-0.4, -0.2) is 16.1 Å². The first kappa shape index (κ1) is 12.1. The molecule has 0 spiro atoms. The van der Waals surface area contributed by atoms with Crippen LogP contribution in [0.15, 0.2) is 24.3 Å². The van der Waals surface area contributed by atoms with Crippen molar-refractivity contribution in [2.24, 2.45) is 0 Å². The van der Waals surface area contributed by atoms with Gasteiger partial charge in [0.15, 0.2) is 0 Å². The topological polar surface area (TPSA) is 80.9 Å². The van der Waals surface area contributed by atoms with Gasteiger partial charge in [-0.15, -0.1) is 10.2 Å². The van der Waals surface area contributed by atoms with Gasteiger partial charge < -0.3 is 11.1 Å². The van der Waals surface area contributed by atoms with Crippen LogP contribution in [0.25, 0.3) is 0 Å². The number of fused-ring (bicyclic) bond motifs is 1. The Balaban J connectivity index is 1.79. The zero-order valence-corrected chi connectivity index (χ0v) is 11.1. The van der Waals surface area contributed by atoms with E-state index in [0.717, 1.165) is 30.6 Å². The molecule has 1 atom stereocenters. The summed E-state index contributed by atoms with van der Waals surface area (Å²) in [5.74, 6) is -0.198. The molecule has 1 heterocycles. The number of amides is 1. The van der Waals surface area contributed by atoms with Crippen molar-refractivity contribution in [3.63, 3.8) is 0 Å². The molecule has 1 aromatic carbocycles. The molecule has 6 heteroatoms. The molecule has 1 aromatic heterocycles. The van der Waals surface area contributed by atoms with Gasteiger partial charge >= 0.3 is 0 Å². The van der Waals surface area contributed by atoms with Gasteiger partial charge in [0.25, 0.3) is 5.91 Å². The summed E-state index contributed by atoms with van der Waals surface area (Å²) in [7, 11) is 0. The molecule has 1 aliphatic carbocycles. The standard InChI is InChI=1S/C13H14N4OS/c14-13-17-16-12(19-13)11(18)15-10-7-3-5-8-4-1-2-6-9(8)10/h1-2,4,6,10H,3,5,7H2,(H2,14,17)(H,15,18). The second-order valence-corrected chi connectivity index (χ2v) is 5.57. The molecule has 1 amide bonds. The maximum Gasteiger partial charge on any atom is 0.282 e. The Morgan fingerprint density at radius 2 is 2.21 bits per heavy atom. The van der Waals surface area contributed by atoms with E-state index in [9.17, 15) is 4.79 Å². The molecule has 3 rings (SSSR count). The number of hydrogen-bond donors (Lipinski definition) is 2. The number of nitrogen functional groups attached to an aromatic ring is 1. The van der Waals surface area contributed by atoms with E-state index in [0.29, 0.717) is 10.1 Å². The Morgan fingerprint density at radius 1 is 1.37 bits per heavy atom. The molecule has 2 aromatic rings. The lowest BCUT2D eigenvalue weighted by Gasteiger charge is -2.25. The first-order chi connectivity index (χ1) is 9.24. The van der Waals surface area contributed by atoms with E-state index in [-0.39, 0.29) is 11.9 Å². The third-order valence-electron chi connectivity index (χ3n) is 3.31. The van der Waals surface area contributed by atoms with E-state index < -0.39 is 0 Å². The fourth-order valence-corrected chi connectivity index (χ4v) is 2.96. The van der Waals surface area contributed by atoms with Crippen LogP contribution in [0.3, 0.4) is 0 Å². The maximum atomic E-state index is 12.1. The molecular formula is C13H14N4OS. The van der Waals surface area contributed by atoms with Crippen LogP contribution in [0.4, 0.5) is 5.13 Å². The van der Waals surface area contributed by atoms with Crippen molar-refractivity contribution in [2.45, 2.75) is 25.3 Å². The summed E-state index contributed by atoms with van der Waals surface area (Å²) in [5, 5.41) is 11.1. The number of nitrogens with two attached hydrogens (primary N) is 1. The Hall–Kier alpha value is -1.95. The predicted molar refractivity (Wildman–Crippen MR) is 73.9 cm³/mol. The number of anilines is 1. The van der Waals surface area contributed by atoms with Crippen LogP contribution in [0.1, 0.15) is 39.8 Å². The third kappa shape index (κ3) is 2.44. The zero-order valence-electron chi connectivity index (χ0n) is 10.3. The summed E-state index contributed by atoms with van der Waals surface area (Å²) in [6.07, 6.45) is 3.12. The monoisotopic (exact) mass is 274 g/mol.